The van der Waals surface area contributed by atoms with Crippen molar-refractivity contribution in [3.05, 3.63) is 36.4 Å². The minimum absolute atomic E-state index is 0.0760. The molecule has 0 aliphatic carbocycles. The molecule has 7 nitrogen and oxygen atoms in total. The van der Waals surface area contributed by atoms with Gasteiger partial charge in [0, 0.05) is 30.4 Å². The van der Waals surface area contributed by atoms with Crippen LogP contribution in [-0.4, -0.2) is 24.7 Å². The summed E-state index contributed by atoms with van der Waals surface area (Å²) in [6.07, 6.45) is 7.18. The molecule has 0 amide bonds. The van der Waals surface area contributed by atoms with E-state index in [0.29, 0.717) is 6.42 Å². The third-order valence-electron chi connectivity index (χ3n) is 2.71. The van der Waals surface area contributed by atoms with Crippen molar-refractivity contribution in [1.82, 2.24) is 30.2 Å². The third-order valence-corrected chi connectivity index (χ3v) is 2.71. The first-order chi connectivity index (χ1) is 8.72. The van der Waals surface area contributed by atoms with Gasteiger partial charge in [-0.15, -0.1) is 0 Å². The van der Waals surface area contributed by atoms with E-state index in [4.69, 9.17) is 5.84 Å². The molecule has 3 N–H and O–H groups in total. The monoisotopic (exact) mass is 247 g/mol. The van der Waals surface area contributed by atoms with Crippen molar-refractivity contribution in [3.63, 3.8) is 0 Å². The maximum atomic E-state index is 5.58. The summed E-state index contributed by atoms with van der Waals surface area (Å²) in [7, 11) is 0. The summed E-state index contributed by atoms with van der Waals surface area (Å²) in [5, 5.41) is 4.20. The quantitative estimate of drug-likeness (QED) is 0.586. The fraction of sp³-hybridized carbons (Fsp3) is 0.455. The minimum atomic E-state index is -0.0760. The van der Waals surface area contributed by atoms with E-state index in [1.54, 1.807) is 18.7 Å². The van der Waals surface area contributed by atoms with Crippen molar-refractivity contribution >= 4 is 0 Å². The van der Waals surface area contributed by atoms with Crippen LogP contribution < -0.4 is 11.3 Å². The molecule has 2 heterocycles. The summed E-state index contributed by atoms with van der Waals surface area (Å²) in [5.74, 6) is 6.47. The smallest absolute Gasteiger partial charge is 0.138 e. The van der Waals surface area contributed by atoms with Crippen LogP contribution in [0.1, 0.15) is 37.3 Å². The van der Waals surface area contributed by atoms with Gasteiger partial charge in [0.1, 0.15) is 18.5 Å². The molecular formula is C11H17N7. The standard InChI is InChI=1S/C11H17N7/c1-8(2)18-11(15-7-16-18)3-10(17-12)9-4-13-6-14-5-9/h4-8,10,17H,3,12H2,1-2H3. The Hall–Kier alpha value is -1.86. The molecule has 0 saturated carbocycles. The van der Waals surface area contributed by atoms with E-state index in [1.165, 1.54) is 6.33 Å². The predicted molar refractivity (Wildman–Crippen MR) is 66.2 cm³/mol. The molecule has 0 spiro atoms. The molecule has 2 aromatic heterocycles. The van der Waals surface area contributed by atoms with Crippen LogP contribution in [0.3, 0.4) is 0 Å². The Kier molecular flexibility index (Phi) is 3.96. The van der Waals surface area contributed by atoms with Crippen LogP contribution in [0.5, 0.6) is 0 Å². The van der Waals surface area contributed by atoms with Crippen LogP contribution in [0.2, 0.25) is 0 Å². The van der Waals surface area contributed by atoms with Gasteiger partial charge < -0.3 is 0 Å². The zero-order valence-electron chi connectivity index (χ0n) is 10.5. The van der Waals surface area contributed by atoms with Crippen LogP contribution >= 0.6 is 0 Å². The first-order valence-corrected chi connectivity index (χ1v) is 5.81. The number of nitrogens with one attached hydrogen (secondary N) is 1. The Morgan fingerprint density at radius 2 is 2.00 bits per heavy atom. The molecule has 96 valence electrons. The van der Waals surface area contributed by atoms with Crippen LogP contribution in [0, 0.1) is 0 Å². The number of hydrogen-bond donors (Lipinski definition) is 2. The topological polar surface area (TPSA) is 94.5 Å². The number of nitrogens with two attached hydrogens (primary N) is 1. The molecule has 0 aliphatic rings. The van der Waals surface area contributed by atoms with E-state index in [9.17, 15) is 0 Å². The van der Waals surface area contributed by atoms with Gasteiger partial charge in [0.2, 0.25) is 0 Å². The number of hydrazine groups is 1. The van der Waals surface area contributed by atoms with Gasteiger partial charge in [-0.25, -0.2) is 19.6 Å². The van der Waals surface area contributed by atoms with Crippen LogP contribution in [0.15, 0.2) is 25.0 Å². The SMILES string of the molecule is CC(C)n1ncnc1CC(NN)c1cncnc1. The molecular weight excluding hydrogens is 230 g/mol. The first kappa shape index (κ1) is 12.6. The normalized spacial score (nSPS) is 12.9. The van der Waals surface area contributed by atoms with E-state index >= 15 is 0 Å². The van der Waals surface area contributed by atoms with Crippen molar-refractivity contribution in [2.24, 2.45) is 5.84 Å². The maximum absolute atomic E-state index is 5.58. The molecule has 0 saturated heterocycles. The van der Waals surface area contributed by atoms with Crippen molar-refractivity contribution in [1.29, 1.82) is 0 Å². The first-order valence-electron chi connectivity index (χ1n) is 5.81. The molecule has 0 radical (unpaired) electrons. The van der Waals surface area contributed by atoms with Crippen molar-refractivity contribution in [3.8, 4) is 0 Å². The van der Waals surface area contributed by atoms with Gasteiger partial charge in [-0.05, 0) is 13.8 Å². The average molecular weight is 247 g/mol. The zero-order chi connectivity index (χ0) is 13.0. The molecule has 1 atom stereocenters. The zero-order valence-corrected chi connectivity index (χ0v) is 10.5. The van der Waals surface area contributed by atoms with Crippen molar-refractivity contribution in [2.75, 3.05) is 0 Å². The lowest BCUT2D eigenvalue weighted by molar-refractivity contribution is 0.467. The van der Waals surface area contributed by atoms with E-state index < -0.39 is 0 Å². The molecule has 2 rings (SSSR count). The highest BCUT2D eigenvalue weighted by atomic mass is 15.3. The Balaban J connectivity index is 2.18. The fourth-order valence-electron chi connectivity index (χ4n) is 1.80. The number of aromatic nitrogens is 5. The van der Waals surface area contributed by atoms with Crippen molar-refractivity contribution < 1.29 is 0 Å². The Bertz CT molecular complexity index is 479. The third kappa shape index (κ3) is 2.69. The molecule has 0 bridgehead atoms. The molecule has 1 unspecified atom stereocenters. The summed E-state index contributed by atoms with van der Waals surface area (Å²) < 4.78 is 1.88. The molecule has 18 heavy (non-hydrogen) atoms. The lowest BCUT2D eigenvalue weighted by Crippen LogP contribution is -2.30. The summed E-state index contributed by atoms with van der Waals surface area (Å²) in [4.78, 5) is 12.2. The maximum Gasteiger partial charge on any atom is 0.138 e. The largest absolute Gasteiger partial charge is 0.271 e. The summed E-state index contributed by atoms with van der Waals surface area (Å²) in [6, 6.07) is 0.195. The van der Waals surface area contributed by atoms with Crippen LogP contribution in [0.25, 0.3) is 0 Å². The summed E-state index contributed by atoms with van der Waals surface area (Å²) in [6.45, 7) is 4.13. The van der Waals surface area contributed by atoms with Crippen LogP contribution in [-0.2, 0) is 6.42 Å². The minimum Gasteiger partial charge on any atom is -0.271 e. The Morgan fingerprint density at radius 1 is 1.28 bits per heavy atom. The Morgan fingerprint density at radius 3 is 2.61 bits per heavy atom. The van der Waals surface area contributed by atoms with Gasteiger partial charge in [0.15, 0.2) is 0 Å². The molecule has 0 aromatic carbocycles. The van der Waals surface area contributed by atoms with Gasteiger partial charge in [0.25, 0.3) is 0 Å². The van der Waals surface area contributed by atoms with Crippen LogP contribution in [0.4, 0.5) is 0 Å². The van der Waals surface area contributed by atoms with E-state index in [-0.39, 0.29) is 12.1 Å². The summed E-state index contributed by atoms with van der Waals surface area (Å²) >= 11 is 0. The fourth-order valence-corrected chi connectivity index (χ4v) is 1.80. The number of rotatable bonds is 5. The Labute approximate surface area is 105 Å². The summed E-state index contributed by atoms with van der Waals surface area (Å²) in [5.41, 5.74) is 3.69. The second kappa shape index (κ2) is 5.65. The lowest BCUT2D eigenvalue weighted by Gasteiger charge is -2.16. The molecule has 2 aromatic rings. The highest BCUT2D eigenvalue weighted by Gasteiger charge is 2.16. The van der Waals surface area contributed by atoms with Gasteiger partial charge in [-0.2, -0.15) is 5.10 Å². The van der Waals surface area contributed by atoms with Gasteiger partial charge in [-0.1, -0.05) is 0 Å². The number of nitrogens with zero attached hydrogens (tertiary/aromatic N) is 5. The second-order valence-corrected chi connectivity index (χ2v) is 4.31. The van der Waals surface area contributed by atoms with Gasteiger partial charge in [0.05, 0.1) is 6.04 Å². The van der Waals surface area contributed by atoms with E-state index in [0.717, 1.165) is 11.4 Å². The van der Waals surface area contributed by atoms with Gasteiger partial charge in [-0.3, -0.25) is 11.3 Å². The van der Waals surface area contributed by atoms with E-state index in [1.807, 2.05) is 4.68 Å². The van der Waals surface area contributed by atoms with Crippen molar-refractivity contribution in [2.45, 2.75) is 32.4 Å². The second-order valence-electron chi connectivity index (χ2n) is 4.31. The predicted octanol–water partition coefficient (Wildman–Crippen LogP) is 0.396. The average Bonchev–Trinajstić information content (AvgIpc) is 2.85. The molecule has 0 aliphatic heterocycles. The van der Waals surface area contributed by atoms with E-state index in [2.05, 4.69) is 39.3 Å². The van der Waals surface area contributed by atoms with Gasteiger partial charge >= 0.3 is 0 Å². The highest BCUT2D eigenvalue weighted by Crippen LogP contribution is 2.16. The highest BCUT2D eigenvalue weighted by molar-refractivity contribution is 5.11. The molecule has 7 heteroatoms. The molecule has 0 fully saturated rings. The number of hydrogen-bond acceptors (Lipinski definition) is 6. The lowest BCUT2D eigenvalue weighted by atomic mass is 10.1.